The molecule has 1 aromatic heterocycles. The van der Waals surface area contributed by atoms with Crippen molar-refractivity contribution < 1.29 is 8.42 Å². The van der Waals surface area contributed by atoms with E-state index in [0.717, 1.165) is 25.8 Å². The first-order chi connectivity index (χ1) is 7.14. The second kappa shape index (κ2) is 5.95. The average Bonchev–Trinajstić information content (AvgIpc) is 2.70. The van der Waals surface area contributed by atoms with Crippen LogP contribution in [0, 0.1) is 0 Å². The van der Waals surface area contributed by atoms with Crippen LogP contribution in [0.1, 0.15) is 26.2 Å². The molecule has 0 saturated heterocycles. The summed E-state index contributed by atoms with van der Waals surface area (Å²) < 4.78 is 24.5. The van der Waals surface area contributed by atoms with Crippen LogP contribution in [0.2, 0.25) is 0 Å². The fourth-order valence-electron chi connectivity index (χ4n) is 1.46. The minimum absolute atomic E-state index is 0.268. The summed E-state index contributed by atoms with van der Waals surface area (Å²) in [5.41, 5.74) is 0. The monoisotopic (exact) mass is 229 g/mol. The lowest BCUT2D eigenvalue weighted by Gasteiger charge is -2.03. The number of aromatic nitrogens is 1. The molecular weight excluding hydrogens is 210 g/mol. The topological polar surface area (TPSA) is 39.1 Å². The number of aryl methyl sites for hydroxylation is 1. The summed E-state index contributed by atoms with van der Waals surface area (Å²) in [5, 5.41) is 0. The van der Waals surface area contributed by atoms with Crippen molar-refractivity contribution in [3.8, 4) is 0 Å². The zero-order valence-corrected chi connectivity index (χ0v) is 10.0. The van der Waals surface area contributed by atoms with E-state index in [1.807, 2.05) is 24.5 Å². The Bertz CT molecular complexity index is 354. The van der Waals surface area contributed by atoms with Gasteiger partial charge in [-0.1, -0.05) is 13.3 Å². The Morgan fingerprint density at radius 2 is 1.73 bits per heavy atom. The number of hydrogen-bond acceptors (Lipinski definition) is 2. The lowest BCUT2D eigenvalue weighted by molar-refractivity contribution is 0.579. The Kier molecular flexibility index (Phi) is 4.88. The number of hydrogen-bond donors (Lipinski definition) is 0. The molecule has 0 fully saturated rings. The molecule has 0 radical (unpaired) electrons. The smallest absolute Gasteiger partial charge is 0.150 e. The molecule has 0 aliphatic carbocycles. The molecule has 0 aromatic carbocycles. The van der Waals surface area contributed by atoms with Gasteiger partial charge in [0.15, 0.2) is 0 Å². The van der Waals surface area contributed by atoms with Crippen molar-refractivity contribution in [1.29, 1.82) is 0 Å². The highest BCUT2D eigenvalue weighted by Gasteiger charge is 2.05. The largest absolute Gasteiger partial charge is 0.354 e. The molecule has 0 spiro atoms. The van der Waals surface area contributed by atoms with Gasteiger partial charge in [-0.2, -0.15) is 0 Å². The average molecular weight is 229 g/mol. The molecule has 1 heterocycles. The van der Waals surface area contributed by atoms with E-state index in [4.69, 9.17) is 0 Å². The SMILES string of the molecule is CCS(=O)(=O)CCCCCn1cccc1. The fourth-order valence-corrected chi connectivity index (χ4v) is 2.39. The zero-order chi connectivity index (χ0) is 11.1. The summed E-state index contributed by atoms with van der Waals surface area (Å²) >= 11 is 0. The van der Waals surface area contributed by atoms with Crippen LogP contribution in [0.5, 0.6) is 0 Å². The number of rotatable bonds is 7. The first-order valence-electron chi connectivity index (χ1n) is 5.45. The van der Waals surface area contributed by atoms with Crippen LogP contribution in [0.3, 0.4) is 0 Å². The van der Waals surface area contributed by atoms with Gasteiger partial charge < -0.3 is 4.57 Å². The second-order valence-corrected chi connectivity index (χ2v) is 6.19. The van der Waals surface area contributed by atoms with Crippen LogP contribution >= 0.6 is 0 Å². The van der Waals surface area contributed by atoms with E-state index in [1.54, 1.807) is 6.92 Å². The molecule has 0 unspecified atom stereocenters. The first-order valence-corrected chi connectivity index (χ1v) is 7.27. The summed E-state index contributed by atoms with van der Waals surface area (Å²) in [6.07, 6.45) is 6.88. The van der Waals surface area contributed by atoms with Crippen molar-refractivity contribution in [3.05, 3.63) is 24.5 Å². The van der Waals surface area contributed by atoms with Gasteiger partial charge in [-0.05, 0) is 25.0 Å². The van der Waals surface area contributed by atoms with Gasteiger partial charge in [0, 0.05) is 24.7 Å². The van der Waals surface area contributed by atoms with Gasteiger partial charge in [-0.15, -0.1) is 0 Å². The van der Waals surface area contributed by atoms with E-state index in [-0.39, 0.29) is 5.75 Å². The molecule has 0 saturated carbocycles. The summed E-state index contributed by atoms with van der Waals surface area (Å²) in [5.74, 6) is 0.611. The molecule has 1 rings (SSSR count). The Balaban J connectivity index is 2.08. The predicted molar refractivity (Wildman–Crippen MR) is 62.6 cm³/mol. The summed E-state index contributed by atoms with van der Waals surface area (Å²) in [6, 6.07) is 4.00. The van der Waals surface area contributed by atoms with E-state index >= 15 is 0 Å². The highest BCUT2D eigenvalue weighted by molar-refractivity contribution is 7.91. The number of unbranched alkanes of at least 4 members (excludes halogenated alkanes) is 2. The molecule has 0 bridgehead atoms. The van der Waals surface area contributed by atoms with Gasteiger partial charge in [0.05, 0.1) is 5.75 Å². The molecular formula is C11H19NO2S. The third kappa shape index (κ3) is 5.02. The van der Waals surface area contributed by atoms with Crippen LogP contribution < -0.4 is 0 Å². The molecule has 0 amide bonds. The molecule has 0 aliphatic rings. The molecule has 15 heavy (non-hydrogen) atoms. The third-order valence-corrected chi connectivity index (χ3v) is 4.27. The Labute approximate surface area is 92.0 Å². The molecule has 0 N–H and O–H groups in total. The molecule has 3 nitrogen and oxygen atoms in total. The minimum Gasteiger partial charge on any atom is -0.354 e. The normalized spacial score (nSPS) is 11.8. The van der Waals surface area contributed by atoms with Gasteiger partial charge in [0.1, 0.15) is 9.84 Å². The van der Waals surface area contributed by atoms with Gasteiger partial charge in [0.25, 0.3) is 0 Å². The van der Waals surface area contributed by atoms with Crippen LogP contribution in [0.4, 0.5) is 0 Å². The van der Waals surface area contributed by atoms with Crippen molar-refractivity contribution in [2.45, 2.75) is 32.7 Å². The van der Waals surface area contributed by atoms with Crippen LogP contribution in [0.25, 0.3) is 0 Å². The maximum atomic E-state index is 11.2. The van der Waals surface area contributed by atoms with E-state index < -0.39 is 9.84 Å². The molecule has 0 aliphatic heterocycles. The summed E-state index contributed by atoms with van der Waals surface area (Å²) in [4.78, 5) is 0. The van der Waals surface area contributed by atoms with Crippen molar-refractivity contribution in [2.24, 2.45) is 0 Å². The van der Waals surface area contributed by atoms with Gasteiger partial charge in [-0.25, -0.2) is 8.42 Å². The maximum Gasteiger partial charge on any atom is 0.150 e. The van der Waals surface area contributed by atoms with Crippen LogP contribution in [-0.4, -0.2) is 24.5 Å². The van der Waals surface area contributed by atoms with E-state index in [2.05, 4.69) is 4.57 Å². The summed E-state index contributed by atoms with van der Waals surface area (Å²) in [6.45, 7) is 2.69. The standard InChI is InChI=1S/C11H19NO2S/c1-2-15(13,14)11-7-3-4-8-12-9-5-6-10-12/h5-6,9-10H,2-4,7-8,11H2,1H3. The Hall–Kier alpha value is -0.770. The predicted octanol–water partition coefficient (Wildman–Crippen LogP) is 2.09. The minimum atomic E-state index is -2.76. The Morgan fingerprint density at radius 3 is 2.33 bits per heavy atom. The van der Waals surface area contributed by atoms with E-state index in [9.17, 15) is 8.42 Å². The number of nitrogens with zero attached hydrogens (tertiary/aromatic N) is 1. The number of sulfone groups is 1. The third-order valence-electron chi connectivity index (χ3n) is 2.48. The summed E-state index contributed by atoms with van der Waals surface area (Å²) in [7, 11) is -2.76. The Morgan fingerprint density at radius 1 is 1.07 bits per heavy atom. The van der Waals surface area contributed by atoms with Gasteiger partial charge >= 0.3 is 0 Å². The molecule has 86 valence electrons. The maximum absolute atomic E-state index is 11.2. The highest BCUT2D eigenvalue weighted by atomic mass is 32.2. The quantitative estimate of drug-likeness (QED) is 0.672. The zero-order valence-electron chi connectivity index (χ0n) is 9.22. The van der Waals surface area contributed by atoms with E-state index in [1.165, 1.54) is 0 Å². The molecule has 4 heteroatoms. The van der Waals surface area contributed by atoms with Gasteiger partial charge in [-0.3, -0.25) is 0 Å². The second-order valence-electron chi connectivity index (χ2n) is 3.72. The van der Waals surface area contributed by atoms with Crippen molar-refractivity contribution in [2.75, 3.05) is 11.5 Å². The van der Waals surface area contributed by atoms with Crippen molar-refractivity contribution >= 4 is 9.84 Å². The lowest BCUT2D eigenvalue weighted by atomic mass is 10.2. The van der Waals surface area contributed by atoms with Crippen LogP contribution in [-0.2, 0) is 16.4 Å². The van der Waals surface area contributed by atoms with Crippen LogP contribution in [0.15, 0.2) is 24.5 Å². The first kappa shape index (κ1) is 12.3. The van der Waals surface area contributed by atoms with Crippen molar-refractivity contribution in [1.82, 2.24) is 4.57 Å². The highest BCUT2D eigenvalue weighted by Crippen LogP contribution is 2.03. The lowest BCUT2D eigenvalue weighted by Crippen LogP contribution is -2.08. The fraction of sp³-hybridized carbons (Fsp3) is 0.636. The van der Waals surface area contributed by atoms with Crippen molar-refractivity contribution in [3.63, 3.8) is 0 Å². The van der Waals surface area contributed by atoms with Gasteiger partial charge in [0.2, 0.25) is 0 Å². The molecule has 1 aromatic rings. The molecule has 0 atom stereocenters. The van der Waals surface area contributed by atoms with E-state index in [0.29, 0.717) is 5.75 Å².